The number of hydrogen-bond acceptors (Lipinski definition) is 3. The zero-order chi connectivity index (χ0) is 25.9. The van der Waals surface area contributed by atoms with Crippen LogP contribution in [-0.2, 0) is 11.2 Å². The normalized spacial score (nSPS) is 20.5. The fraction of sp³-hybridized carbons (Fsp3) is 0.444. The van der Waals surface area contributed by atoms with Gasteiger partial charge in [-0.15, -0.1) is 0 Å². The second kappa shape index (κ2) is 10.3. The van der Waals surface area contributed by atoms with Crippen molar-refractivity contribution in [1.29, 1.82) is 0 Å². The molecule has 0 bridgehead atoms. The van der Waals surface area contributed by atoms with E-state index in [0.717, 1.165) is 36.8 Å². The van der Waals surface area contributed by atoms with Gasteiger partial charge in [0.05, 0.1) is 18.3 Å². The van der Waals surface area contributed by atoms with Gasteiger partial charge in [0.15, 0.2) is 5.78 Å². The van der Waals surface area contributed by atoms with Crippen LogP contribution in [-0.4, -0.2) is 35.1 Å². The van der Waals surface area contributed by atoms with Gasteiger partial charge in [-0.1, -0.05) is 49.6 Å². The lowest BCUT2D eigenvalue weighted by Gasteiger charge is -2.36. The molecule has 1 unspecified atom stereocenters. The van der Waals surface area contributed by atoms with E-state index < -0.39 is 36.2 Å². The smallest absolute Gasteiger partial charge is 0.390 e. The highest BCUT2D eigenvalue weighted by Gasteiger charge is 2.50. The van der Waals surface area contributed by atoms with Crippen LogP contribution in [0.1, 0.15) is 67.3 Å². The Kier molecular flexibility index (Phi) is 7.38. The lowest BCUT2D eigenvalue weighted by atomic mass is 9.66. The monoisotopic (exact) mass is 502 g/mol. The van der Waals surface area contributed by atoms with Crippen molar-refractivity contribution >= 4 is 23.5 Å². The molecule has 0 aromatic heterocycles. The van der Waals surface area contributed by atoms with Gasteiger partial charge < -0.3 is 15.7 Å². The number of nitrogens with one attached hydrogen (secondary N) is 2. The number of alkyl halides is 3. The Labute approximate surface area is 207 Å². The van der Waals surface area contributed by atoms with Gasteiger partial charge in [-0.2, -0.15) is 13.2 Å². The van der Waals surface area contributed by atoms with E-state index in [1.54, 1.807) is 24.3 Å². The minimum Gasteiger partial charge on any atom is -0.481 e. The van der Waals surface area contributed by atoms with Gasteiger partial charge in [0.25, 0.3) is 0 Å². The molecule has 3 N–H and O–H groups in total. The highest BCUT2D eigenvalue weighted by molar-refractivity contribution is 6.04. The Morgan fingerprint density at radius 3 is 2.31 bits per heavy atom. The van der Waals surface area contributed by atoms with E-state index in [-0.39, 0.29) is 30.5 Å². The fourth-order valence-corrected chi connectivity index (χ4v) is 5.39. The van der Waals surface area contributed by atoms with Crippen LogP contribution < -0.4 is 10.6 Å². The summed E-state index contributed by atoms with van der Waals surface area (Å²) in [5.74, 6) is -2.19. The average Bonchev–Trinajstić information content (AvgIpc) is 2.81. The van der Waals surface area contributed by atoms with E-state index in [4.69, 9.17) is 0 Å². The van der Waals surface area contributed by atoms with E-state index in [2.05, 4.69) is 10.6 Å². The zero-order valence-electron chi connectivity index (χ0n) is 19.8. The largest absolute Gasteiger partial charge is 0.481 e. The van der Waals surface area contributed by atoms with Crippen LogP contribution in [0.3, 0.4) is 0 Å². The first-order valence-electron chi connectivity index (χ1n) is 12.2. The van der Waals surface area contributed by atoms with Crippen LogP contribution in [0, 0.1) is 5.41 Å². The van der Waals surface area contributed by atoms with E-state index in [1.807, 2.05) is 12.1 Å². The number of urea groups is 1. The minimum atomic E-state index is -4.65. The van der Waals surface area contributed by atoms with Crippen LogP contribution in [0.4, 0.5) is 23.7 Å². The molecule has 0 saturated heterocycles. The topological polar surface area (TPSA) is 95.5 Å². The summed E-state index contributed by atoms with van der Waals surface area (Å²) in [6, 6.07) is 12.0. The molecule has 2 aromatic carbocycles. The van der Waals surface area contributed by atoms with E-state index in [1.165, 1.54) is 12.5 Å². The second-order valence-electron chi connectivity index (χ2n) is 9.85. The van der Waals surface area contributed by atoms with E-state index >= 15 is 0 Å². The molecule has 2 amide bonds. The van der Waals surface area contributed by atoms with Crippen molar-refractivity contribution in [2.24, 2.45) is 5.41 Å². The highest BCUT2D eigenvalue weighted by Crippen LogP contribution is 2.46. The van der Waals surface area contributed by atoms with Crippen molar-refractivity contribution in [3.05, 3.63) is 53.6 Å². The summed E-state index contributed by atoms with van der Waals surface area (Å²) in [6.45, 7) is 0. The maximum Gasteiger partial charge on any atom is 0.390 e. The Balaban J connectivity index is 1.47. The molecular weight excluding hydrogens is 473 g/mol. The number of amides is 2. The number of carbonyl (C=O) groups excluding carboxylic acids is 2. The number of Topliss-reactive ketones (excluding diaryl/α,β-unsaturated/α-hetero) is 1. The van der Waals surface area contributed by atoms with Gasteiger partial charge in [0, 0.05) is 17.3 Å². The molecule has 0 radical (unpaired) electrons. The maximum absolute atomic E-state index is 13.2. The quantitative estimate of drug-likeness (QED) is 0.429. The molecule has 2 aliphatic rings. The molecule has 9 heteroatoms. The molecule has 4 rings (SSSR count). The van der Waals surface area contributed by atoms with Gasteiger partial charge >= 0.3 is 18.2 Å². The van der Waals surface area contributed by atoms with Crippen LogP contribution in [0.15, 0.2) is 42.5 Å². The van der Waals surface area contributed by atoms with Gasteiger partial charge in [-0.3, -0.25) is 9.59 Å². The lowest BCUT2D eigenvalue weighted by molar-refractivity contribution is -0.160. The van der Waals surface area contributed by atoms with Gasteiger partial charge in [-0.25, -0.2) is 4.79 Å². The third-order valence-corrected chi connectivity index (χ3v) is 7.15. The molecule has 0 aliphatic heterocycles. The lowest BCUT2D eigenvalue weighted by Crippen LogP contribution is -2.41. The second-order valence-corrected chi connectivity index (χ2v) is 9.85. The highest BCUT2D eigenvalue weighted by atomic mass is 19.4. The van der Waals surface area contributed by atoms with Crippen molar-refractivity contribution < 1.29 is 32.7 Å². The molecule has 1 fully saturated rings. The predicted octanol–water partition coefficient (Wildman–Crippen LogP) is 6.35. The first kappa shape index (κ1) is 25.7. The maximum atomic E-state index is 13.2. The van der Waals surface area contributed by atoms with Gasteiger partial charge in [-0.05, 0) is 54.5 Å². The molecule has 1 atom stereocenters. The number of fused-ring (bicyclic) bond motifs is 1. The molecule has 2 aliphatic carbocycles. The number of aliphatic carboxylic acids is 1. The summed E-state index contributed by atoms with van der Waals surface area (Å²) >= 11 is 0. The summed E-state index contributed by atoms with van der Waals surface area (Å²) in [6.07, 6.45) is -1.53. The number of rotatable bonds is 6. The number of carbonyl (C=O) groups is 3. The number of ketones is 1. The molecule has 36 heavy (non-hydrogen) atoms. The standard InChI is InChI=1S/C27H29F3N2O4/c28-27(29,30)16-26(15-23(33)34)13-12-19-14-18(8-11-22(19)24(26)35)17-6-9-21(10-7-17)32-25(36)31-20-4-2-1-3-5-20/h6-11,14,20H,1-5,12-13,15-16H2,(H,33,34)(H2,31,32,36). The first-order chi connectivity index (χ1) is 17.0. The molecule has 0 spiro atoms. The fourth-order valence-electron chi connectivity index (χ4n) is 5.39. The average molecular weight is 503 g/mol. The summed E-state index contributed by atoms with van der Waals surface area (Å²) < 4.78 is 39.7. The molecule has 6 nitrogen and oxygen atoms in total. The summed E-state index contributed by atoms with van der Waals surface area (Å²) in [5.41, 5.74) is 1.00. The van der Waals surface area contributed by atoms with Crippen LogP contribution >= 0.6 is 0 Å². The molecule has 1 saturated carbocycles. The molecule has 0 heterocycles. The summed E-state index contributed by atoms with van der Waals surface area (Å²) in [4.78, 5) is 36.7. The SMILES string of the molecule is O=C(O)CC1(CC(F)(F)F)CCc2cc(-c3ccc(NC(=O)NC4CCCCC4)cc3)ccc2C1=O. The predicted molar refractivity (Wildman–Crippen MR) is 129 cm³/mol. The van der Waals surface area contributed by atoms with Crippen molar-refractivity contribution in [2.45, 2.75) is 70.0 Å². The summed E-state index contributed by atoms with van der Waals surface area (Å²) in [5, 5.41) is 15.0. The number of carboxylic acids is 1. The Morgan fingerprint density at radius 2 is 1.67 bits per heavy atom. The molecular formula is C27H29F3N2O4. The van der Waals surface area contributed by atoms with Crippen molar-refractivity contribution in [2.75, 3.05) is 5.32 Å². The van der Waals surface area contributed by atoms with E-state index in [9.17, 15) is 32.7 Å². The number of hydrogen-bond donors (Lipinski definition) is 3. The number of carboxylic acid groups (broad SMARTS) is 1. The summed E-state index contributed by atoms with van der Waals surface area (Å²) in [7, 11) is 0. The zero-order valence-corrected chi connectivity index (χ0v) is 19.8. The van der Waals surface area contributed by atoms with Crippen LogP contribution in [0.2, 0.25) is 0 Å². The minimum absolute atomic E-state index is 0.146. The Hall–Kier alpha value is -3.36. The van der Waals surface area contributed by atoms with Crippen molar-refractivity contribution in [1.82, 2.24) is 5.32 Å². The van der Waals surface area contributed by atoms with Crippen LogP contribution in [0.5, 0.6) is 0 Å². The Morgan fingerprint density at radius 1 is 1.00 bits per heavy atom. The van der Waals surface area contributed by atoms with Gasteiger partial charge in [0.1, 0.15) is 0 Å². The number of benzene rings is 2. The van der Waals surface area contributed by atoms with E-state index in [0.29, 0.717) is 11.3 Å². The molecule has 2 aromatic rings. The first-order valence-corrected chi connectivity index (χ1v) is 12.2. The number of anilines is 1. The van der Waals surface area contributed by atoms with Crippen molar-refractivity contribution in [3.8, 4) is 11.1 Å². The third kappa shape index (κ3) is 6.06. The third-order valence-electron chi connectivity index (χ3n) is 7.15. The Bertz CT molecular complexity index is 1140. The van der Waals surface area contributed by atoms with Gasteiger partial charge in [0.2, 0.25) is 0 Å². The number of aryl methyl sites for hydroxylation is 1. The van der Waals surface area contributed by atoms with Crippen LogP contribution in [0.25, 0.3) is 11.1 Å². The molecule has 192 valence electrons. The number of halogens is 3. The van der Waals surface area contributed by atoms with Crippen molar-refractivity contribution in [3.63, 3.8) is 0 Å².